The van der Waals surface area contributed by atoms with Gasteiger partial charge in [0.05, 0.1) is 5.69 Å². The van der Waals surface area contributed by atoms with Gasteiger partial charge in [-0.2, -0.15) is 5.10 Å². The molecule has 1 heterocycles. The van der Waals surface area contributed by atoms with Crippen molar-refractivity contribution in [1.82, 2.24) is 10.2 Å². The number of hydrogen-bond acceptors (Lipinski definition) is 2. The monoisotopic (exact) mass is 168 g/mol. The van der Waals surface area contributed by atoms with Crippen molar-refractivity contribution in [2.75, 3.05) is 0 Å². The lowest BCUT2D eigenvalue weighted by Gasteiger charge is -1.89. The molecule has 2 rings (SSSR count). The molecule has 0 aromatic carbocycles. The molecule has 0 radical (unpaired) electrons. The Balaban J connectivity index is 2.39. The van der Waals surface area contributed by atoms with E-state index in [-0.39, 0.29) is 17.4 Å². The number of ketones is 1. The van der Waals surface area contributed by atoms with Gasteiger partial charge < -0.3 is 0 Å². The average Bonchev–Trinajstić information content (AvgIpc) is 2.75. The Morgan fingerprint density at radius 2 is 2.33 bits per heavy atom. The fourth-order valence-corrected chi connectivity index (χ4v) is 1.22. The van der Waals surface area contributed by atoms with Crippen molar-refractivity contribution in [2.45, 2.75) is 25.7 Å². The molecule has 1 aromatic rings. The number of hydrogen-bond donors (Lipinski definition) is 1. The molecule has 0 bridgehead atoms. The van der Waals surface area contributed by atoms with Crippen LogP contribution in [0.15, 0.2) is 0 Å². The van der Waals surface area contributed by atoms with Crippen LogP contribution >= 0.6 is 0 Å². The molecule has 0 amide bonds. The van der Waals surface area contributed by atoms with Gasteiger partial charge in [0, 0.05) is 12.8 Å². The average molecular weight is 168 g/mol. The second kappa shape index (κ2) is 2.40. The molecule has 1 aliphatic rings. The van der Waals surface area contributed by atoms with Crippen LogP contribution in [0.2, 0.25) is 0 Å². The van der Waals surface area contributed by atoms with Crippen molar-refractivity contribution < 1.29 is 9.18 Å². The van der Waals surface area contributed by atoms with E-state index in [1.165, 1.54) is 6.92 Å². The number of nitrogens with one attached hydrogen (secondary N) is 1. The van der Waals surface area contributed by atoms with E-state index in [2.05, 4.69) is 10.2 Å². The normalized spacial score (nSPS) is 16.5. The summed E-state index contributed by atoms with van der Waals surface area (Å²) in [6, 6.07) is 0. The molecular formula is C8H9FN2O. The number of aromatic nitrogens is 2. The molecule has 4 heteroatoms. The predicted molar refractivity (Wildman–Crippen MR) is 40.5 cm³/mol. The Bertz CT molecular complexity index is 328. The van der Waals surface area contributed by atoms with Gasteiger partial charge >= 0.3 is 0 Å². The zero-order valence-corrected chi connectivity index (χ0v) is 6.72. The van der Waals surface area contributed by atoms with Crippen molar-refractivity contribution in [1.29, 1.82) is 0 Å². The molecule has 1 aliphatic carbocycles. The van der Waals surface area contributed by atoms with Crippen LogP contribution in [0.4, 0.5) is 4.39 Å². The second-order valence-electron chi connectivity index (χ2n) is 3.13. The Morgan fingerprint density at radius 1 is 1.67 bits per heavy atom. The predicted octanol–water partition coefficient (Wildman–Crippen LogP) is 1.63. The topological polar surface area (TPSA) is 45.8 Å². The molecule has 12 heavy (non-hydrogen) atoms. The summed E-state index contributed by atoms with van der Waals surface area (Å²) in [6.07, 6.45) is 1.99. The number of H-pyrrole nitrogens is 1. The van der Waals surface area contributed by atoms with Gasteiger partial charge in [-0.15, -0.1) is 0 Å². The Labute approximate surface area is 69.0 Å². The molecule has 64 valence electrons. The lowest BCUT2D eigenvalue weighted by atomic mass is 10.2. The van der Waals surface area contributed by atoms with Crippen LogP contribution in [0, 0.1) is 5.82 Å². The summed E-state index contributed by atoms with van der Waals surface area (Å²) in [5.41, 5.74) is 0.442. The Morgan fingerprint density at radius 3 is 2.75 bits per heavy atom. The van der Waals surface area contributed by atoms with E-state index in [4.69, 9.17) is 0 Å². The largest absolute Gasteiger partial charge is 0.293 e. The third kappa shape index (κ3) is 1.03. The summed E-state index contributed by atoms with van der Waals surface area (Å²) in [5, 5.41) is 6.20. The van der Waals surface area contributed by atoms with Gasteiger partial charge in [-0.1, -0.05) is 0 Å². The van der Waals surface area contributed by atoms with E-state index < -0.39 is 5.82 Å². The van der Waals surface area contributed by atoms with Gasteiger partial charge in [0.25, 0.3) is 0 Å². The van der Waals surface area contributed by atoms with Crippen LogP contribution in [0.3, 0.4) is 0 Å². The minimum atomic E-state index is -0.454. The first-order valence-electron chi connectivity index (χ1n) is 3.95. The summed E-state index contributed by atoms with van der Waals surface area (Å²) in [6.45, 7) is 1.32. The molecular weight excluding hydrogens is 159 g/mol. The number of carbonyl (C=O) groups is 1. The van der Waals surface area contributed by atoms with Gasteiger partial charge in [-0.05, 0) is 12.8 Å². The maximum atomic E-state index is 13.3. The highest BCUT2D eigenvalue weighted by Crippen LogP contribution is 2.40. The number of nitrogens with zero attached hydrogens (tertiary/aromatic N) is 1. The maximum Gasteiger partial charge on any atom is 0.183 e. The summed E-state index contributed by atoms with van der Waals surface area (Å²) in [5.74, 6) is -0.508. The highest BCUT2D eigenvalue weighted by Gasteiger charge is 2.30. The molecule has 0 unspecified atom stereocenters. The lowest BCUT2D eigenvalue weighted by Crippen LogP contribution is -1.95. The molecule has 0 atom stereocenters. The minimum absolute atomic E-state index is 0.0584. The fourth-order valence-electron chi connectivity index (χ4n) is 1.22. The van der Waals surface area contributed by atoms with Crippen LogP contribution < -0.4 is 0 Å². The van der Waals surface area contributed by atoms with E-state index in [1.807, 2.05) is 0 Å². The molecule has 0 saturated heterocycles. The molecule has 0 aliphatic heterocycles. The Hall–Kier alpha value is -1.19. The molecule has 1 fully saturated rings. The van der Waals surface area contributed by atoms with Gasteiger partial charge in [0.2, 0.25) is 0 Å². The van der Waals surface area contributed by atoms with Crippen molar-refractivity contribution >= 4 is 5.78 Å². The van der Waals surface area contributed by atoms with E-state index >= 15 is 0 Å². The molecule has 1 N–H and O–H groups in total. The van der Waals surface area contributed by atoms with Crippen molar-refractivity contribution in [3.8, 4) is 0 Å². The fraction of sp³-hybridized carbons (Fsp3) is 0.500. The smallest absolute Gasteiger partial charge is 0.183 e. The third-order valence-electron chi connectivity index (χ3n) is 2.05. The van der Waals surface area contributed by atoms with Crippen molar-refractivity contribution in [2.24, 2.45) is 0 Å². The highest BCUT2D eigenvalue weighted by molar-refractivity contribution is 5.92. The van der Waals surface area contributed by atoms with Crippen LogP contribution in [0.25, 0.3) is 0 Å². The molecule has 3 nitrogen and oxygen atoms in total. The van der Waals surface area contributed by atoms with Crippen molar-refractivity contribution in [3.63, 3.8) is 0 Å². The Kier molecular flexibility index (Phi) is 1.49. The van der Waals surface area contributed by atoms with Crippen molar-refractivity contribution in [3.05, 3.63) is 17.2 Å². The summed E-state index contributed by atoms with van der Waals surface area (Å²) >= 11 is 0. The second-order valence-corrected chi connectivity index (χ2v) is 3.13. The van der Waals surface area contributed by atoms with E-state index in [9.17, 15) is 9.18 Å². The van der Waals surface area contributed by atoms with Gasteiger partial charge in [-0.3, -0.25) is 9.89 Å². The van der Waals surface area contributed by atoms with Gasteiger partial charge in [0.15, 0.2) is 17.3 Å². The van der Waals surface area contributed by atoms with E-state index in [0.29, 0.717) is 5.69 Å². The first-order chi connectivity index (χ1) is 5.70. The summed E-state index contributed by atoms with van der Waals surface area (Å²) in [7, 11) is 0. The van der Waals surface area contributed by atoms with Crippen LogP contribution in [0.5, 0.6) is 0 Å². The van der Waals surface area contributed by atoms with E-state index in [0.717, 1.165) is 12.8 Å². The van der Waals surface area contributed by atoms with Gasteiger partial charge in [-0.25, -0.2) is 4.39 Å². The number of aromatic amines is 1. The third-order valence-corrected chi connectivity index (χ3v) is 2.05. The first-order valence-corrected chi connectivity index (χ1v) is 3.95. The summed E-state index contributed by atoms with van der Waals surface area (Å²) < 4.78 is 13.3. The maximum absolute atomic E-state index is 13.3. The highest BCUT2D eigenvalue weighted by atomic mass is 19.1. The molecule has 1 aromatic heterocycles. The number of carbonyl (C=O) groups excluding carboxylic acids is 1. The van der Waals surface area contributed by atoms with Crippen LogP contribution in [-0.2, 0) is 0 Å². The zero-order valence-electron chi connectivity index (χ0n) is 6.72. The number of rotatable bonds is 2. The lowest BCUT2D eigenvalue weighted by molar-refractivity contribution is 0.100. The van der Waals surface area contributed by atoms with E-state index in [1.54, 1.807) is 0 Å². The number of halogens is 1. The zero-order chi connectivity index (χ0) is 8.72. The summed E-state index contributed by atoms with van der Waals surface area (Å²) in [4.78, 5) is 10.8. The van der Waals surface area contributed by atoms with Crippen LogP contribution in [0.1, 0.15) is 41.9 Å². The quantitative estimate of drug-likeness (QED) is 0.682. The number of Topliss-reactive ketones (excluding diaryl/α,β-unsaturated/α-hetero) is 1. The molecule has 0 spiro atoms. The van der Waals surface area contributed by atoms with Crippen LogP contribution in [-0.4, -0.2) is 16.0 Å². The SMILES string of the molecule is CC(=O)c1n[nH]c(C2CC2)c1F. The first kappa shape index (κ1) is 7.46. The molecule has 1 saturated carbocycles. The standard InChI is InChI=1S/C8H9FN2O/c1-4(12)7-6(9)8(11-10-7)5-2-3-5/h5H,2-3H2,1H3,(H,10,11). The minimum Gasteiger partial charge on any atom is -0.293 e. The van der Waals surface area contributed by atoms with Gasteiger partial charge in [0.1, 0.15) is 0 Å².